The smallest absolute Gasteiger partial charge is 0.290 e. The molecule has 1 N–H and O–H groups in total. The first-order valence-electron chi connectivity index (χ1n) is 10.2. The average molecular weight is 428 g/mol. The van der Waals surface area contributed by atoms with E-state index in [4.69, 9.17) is 13.9 Å². The van der Waals surface area contributed by atoms with Gasteiger partial charge in [0, 0.05) is 18.7 Å². The van der Waals surface area contributed by atoms with Crippen LogP contribution in [0.5, 0.6) is 11.5 Å². The van der Waals surface area contributed by atoms with Gasteiger partial charge in [-0.1, -0.05) is 13.8 Å². The molecule has 0 unspecified atom stereocenters. The zero-order valence-corrected chi connectivity index (χ0v) is 18.3. The van der Waals surface area contributed by atoms with Crippen LogP contribution in [0, 0.1) is 0 Å². The number of furan rings is 1. The second-order valence-corrected chi connectivity index (χ2v) is 7.10. The number of carbonyl (C=O) groups is 2. The number of likely N-dealkylation sites (N-methyl/N-ethyl adjacent to an activating group) is 1. The molecule has 8 nitrogen and oxygen atoms in total. The molecule has 3 rings (SSSR count). The summed E-state index contributed by atoms with van der Waals surface area (Å²) >= 11 is 0. The Balaban J connectivity index is 2.11. The fraction of sp³-hybridized carbons (Fsp3) is 0.391. The zero-order chi connectivity index (χ0) is 22.5. The van der Waals surface area contributed by atoms with Crippen molar-refractivity contribution < 1.29 is 28.6 Å². The molecule has 0 radical (unpaired) electrons. The number of Topliss-reactive ketones (excluding diaryl/α,β-unsaturated/α-hetero) is 1. The molecule has 2 heterocycles. The molecule has 0 saturated heterocycles. The highest BCUT2D eigenvalue weighted by atomic mass is 16.5. The van der Waals surface area contributed by atoms with Crippen molar-refractivity contribution in [2.24, 2.45) is 0 Å². The van der Waals surface area contributed by atoms with Crippen LogP contribution in [0.1, 0.15) is 36.0 Å². The molecule has 1 aliphatic rings. The molecule has 1 aliphatic heterocycles. The normalized spacial score (nSPS) is 16.4. The molecule has 2 aromatic rings. The fourth-order valence-electron chi connectivity index (χ4n) is 3.82. The van der Waals surface area contributed by atoms with Gasteiger partial charge in [-0.2, -0.15) is 0 Å². The maximum Gasteiger partial charge on any atom is 0.290 e. The number of methoxy groups -OCH3 is 2. The number of hydrogen-bond acceptors (Lipinski definition) is 7. The third-order valence-corrected chi connectivity index (χ3v) is 5.58. The molecule has 1 atom stereocenters. The van der Waals surface area contributed by atoms with Crippen LogP contribution in [0.3, 0.4) is 0 Å². The minimum Gasteiger partial charge on any atom is -0.503 e. The topological polar surface area (TPSA) is 92.5 Å². The number of amides is 1. The molecule has 0 fully saturated rings. The third-order valence-electron chi connectivity index (χ3n) is 5.58. The Kier molecular flexibility index (Phi) is 7.02. The van der Waals surface area contributed by atoms with Crippen LogP contribution in [-0.4, -0.2) is 67.0 Å². The van der Waals surface area contributed by atoms with Crippen molar-refractivity contribution in [2.75, 3.05) is 40.4 Å². The summed E-state index contributed by atoms with van der Waals surface area (Å²) in [4.78, 5) is 30.0. The van der Waals surface area contributed by atoms with E-state index in [0.717, 1.165) is 13.1 Å². The number of nitrogens with zero attached hydrogens (tertiary/aromatic N) is 2. The Bertz CT molecular complexity index is 962. The summed E-state index contributed by atoms with van der Waals surface area (Å²) in [5.74, 6) is -0.648. The molecule has 1 amide bonds. The van der Waals surface area contributed by atoms with E-state index in [2.05, 4.69) is 4.90 Å². The van der Waals surface area contributed by atoms with E-state index in [1.165, 1.54) is 31.4 Å². The second kappa shape index (κ2) is 9.70. The summed E-state index contributed by atoms with van der Waals surface area (Å²) in [7, 11) is 3.05. The highest BCUT2D eigenvalue weighted by Crippen LogP contribution is 2.43. The lowest BCUT2D eigenvalue weighted by Crippen LogP contribution is -2.38. The molecule has 0 bridgehead atoms. The lowest BCUT2D eigenvalue weighted by molar-refractivity contribution is -0.129. The lowest BCUT2D eigenvalue weighted by Gasteiger charge is -2.30. The number of aliphatic hydroxyl groups is 1. The van der Waals surface area contributed by atoms with E-state index in [1.54, 1.807) is 24.3 Å². The molecule has 0 saturated carbocycles. The average Bonchev–Trinajstić information content (AvgIpc) is 3.41. The summed E-state index contributed by atoms with van der Waals surface area (Å²) in [5.41, 5.74) is 0.514. The quantitative estimate of drug-likeness (QED) is 0.581. The van der Waals surface area contributed by atoms with Crippen LogP contribution in [0.15, 0.2) is 52.3 Å². The number of aliphatic hydroxyl groups excluding tert-OH is 1. The first kappa shape index (κ1) is 22.4. The second-order valence-electron chi connectivity index (χ2n) is 7.10. The standard InChI is InChI=1S/C23H28N2O6/c1-5-24(6-2)11-12-25-20(16-14-15(29-3)9-10-17(16)30-4)19(22(27)23(25)28)21(26)18-8-7-13-31-18/h7-10,13-14,20,27H,5-6,11-12H2,1-4H3/t20-/m1/s1. The monoisotopic (exact) mass is 428 g/mol. The van der Waals surface area contributed by atoms with Crippen molar-refractivity contribution in [1.82, 2.24) is 9.80 Å². The van der Waals surface area contributed by atoms with Gasteiger partial charge in [0.15, 0.2) is 11.5 Å². The zero-order valence-electron chi connectivity index (χ0n) is 18.3. The van der Waals surface area contributed by atoms with Gasteiger partial charge in [-0.3, -0.25) is 9.59 Å². The summed E-state index contributed by atoms with van der Waals surface area (Å²) in [6.07, 6.45) is 1.38. The Morgan fingerprint density at radius 2 is 1.94 bits per heavy atom. The van der Waals surface area contributed by atoms with Crippen LogP contribution in [0.2, 0.25) is 0 Å². The first-order valence-corrected chi connectivity index (χ1v) is 10.2. The Hall–Kier alpha value is -3.26. The first-order chi connectivity index (χ1) is 15.0. The van der Waals surface area contributed by atoms with E-state index >= 15 is 0 Å². The minimum atomic E-state index is -0.842. The summed E-state index contributed by atoms with van der Waals surface area (Å²) < 4.78 is 16.1. The van der Waals surface area contributed by atoms with Crippen LogP contribution < -0.4 is 9.47 Å². The third kappa shape index (κ3) is 4.29. The van der Waals surface area contributed by atoms with Crippen molar-refractivity contribution in [1.29, 1.82) is 0 Å². The van der Waals surface area contributed by atoms with Gasteiger partial charge in [-0.15, -0.1) is 0 Å². The molecule has 1 aromatic heterocycles. The number of carbonyl (C=O) groups excluding carboxylic acids is 2. The van der Waals surface area contributed by atoms with Gasteiger partial charge in [0.05, 0.1) is 32.1 Å². The molecule has 166 valence electrons. The van der Waals surface area contributed by atoms with Gasteiger partial charge < -0.3 is 28.8 Å². The van der Waals surface area contributed by atoms with Crippen molar-refractivity contribution >= 4 is 11.7 Å². The molecular weight excluding hydrogens is 400 g/mol. The maximum absolute atomic E-state index is 13.2. The summed E-state index contributed by atoms with van der Waals surface area (Å²) in [6, 6.07) is 7.41. The fourth-order valence-corrected chi connectivity index (χ4v) is 3.82. The van der Waals surface area contributed by atoms with E-state index in [1.807, 2.05) is 13.8 Å². The summed E-state index contributed by atoms with van der Waals surface area (Å²) in [5, 5.41) is 10.7. The predicted molar refractivity (Wildman–Crippen MR) is 114 cm³/mol. The van der Waals surface area contributed by atoms with E-state index in [9.17, 15) is 14.7 Å². The number of ether oxygens (including phenoxy) is 2. The largest absolute Gasteiger partial charge is 0.503 e. The Labute approximate surface area is 181 Å². The van der Waals surface area contributed by atoms with Gasteiger partial charge >= 0.3 is 0 Å². The van der Waals surface area contributed by atoms with Gasteiger partial charge in [0.1, 0.15) is 11.5 Å². The number of hydrogen-bond donors (Lipinski definition) is 1. The van der Waals surface area contributed by atoms with Gasteiger partial charge in [-0.25, -0.2) is 0 Å². The predicted octanol–water partition coefficient (Wildman–Crippen LogP) is 3.22. The summed E-state index contributed by atoms with van der Waals surface area (Å²) in [6.45, 7) is 6.65. The SMILES string of the molecule is CCN(CC)CCN1C(=O)C(O)=C(C(=O)c2ccco2)[C@H]1c1cc(OC)ccc1OC. The van der Waals surface area contributed by atoms with Crippen LogP contribution >= 0.6 is 0 Å². The number of ketones is 1. The molecule has 0 aliphatic carbocycles. The highest BCUT2D eigenvalue weighted by Gasteiger charge is 2.45. The molecule has 31 heavy (non-hydrogen) atoms. The molecule has 8 heteroatoms. The van der Waals surface area contributed by atoms with Crippen LogP contribution in [0.4, 0.5) is 0 Å². The molecular formula is C23H28N2O6. The lowest BCUT2D eigenvalue weighted by atomic mass is 9.94. The highest BCUT2D eigenvalue weighted by molar-refractivity contribution is 6.15. The molecule has 0 spiro atoms. The van der Waals surface area contributed by atoms with Gasteiger partial charge in [-0.05, 0) is 43.4 Å². The molecule has 1 aromatic carbocycles. The number of benzene rings is 1. The van der Waals surface area contributed by atoms with Crippen molar-refractivity contribution in [3.05, 3.63) is 59.3 Å². The van der Waals surface area contributed by atoms with Gasteiger partial charge in [0.2, 0.25) is 5.78 Å². The Morgan fingerprint density at radius 3 is 2.52 bits per heavy atom. The Morgan fingerprint density at radius 1 is 1.19 bits per heavy atom. The van der Waals surface area contributed by atoms with Crippen molar-refractivity contribution in [2.45, 2.75) is 19.9 Å². The van der Waals surface area contributed by atoms with Crippen molar-refractivity contribution in [3.63, 3.8) is 0 Å². The van der Waals surface area contributed by atoms with Crippen molar-refractivity contribution in [3.8, 4) is 11.5 Å². The minimum absolute atomic E-state index is 0.0361. The van der Waals surface area contributed by atoms with Crippen LogP contribution in [0.25, 0.3) is 0 Å². The van der Waals surface area contributed by atoms with E-state index in [0.29, 0.717) is 30.2 Å². The maximum atomic E-state index is 13.2. The van der Waals surface area contributed by atoms with E-state index < -0.39 is 23.5 Å². The number of rotatable bonds is 10. The van der Waals surface area contributed by atoms with Gasteiger partial charge in [0.25, 0.3) is 5.91 Å². The van der Waals surface area contributed by atoms with Crippen LogP contribution in [-0.2, 0) is 4.79 Å². The van der Waals surface area contributed by atoms with E-state index in [-0.39, 0.29) is 11.3 Å².